The van der Waals surface area contributed by atoms with Crippen molar-refractivity contribution < 1.29 is 9.90 Å². The summed E-state index contributed by atoms with van der Waals surface area (Å²) >= 11 is 0. The Bertz CT molecular complexity index is 268. The number of hydrogen-bond donors (Lipinski definition) is 1. The molecule has 14 heavy (non-hydrogen) atoms. The monoisotopic (exact) mass is 195 g/mol. The van der Waals surface area contributed by atoms with Crippen molar-refractivity contribution in [3.63, 3.8) is 0 Å². The lowest BCUT2D eigenvalue weighted by Crippen LogP contribution is -2.33. The Morgan fingerprint density at radius 3 is 2.57 bits per heavy atom. The molecular formula is C11H17NO2. The van der Waals surface area contributed by atoms with Crippen LogP contribution < -0.4 is 0 Å². The van der Waals surface area contributed by atoms with Gasteiger partial charge in [0.25, 0.3) is 0 Å². The Balaban J connectivity index is 1.64. The minimum Gasteiger partial charge on any atom is -0.391 e. The van der Waals surface area contributed by atoms with Crippen LogP contribution in [-0.4, -0.2) is 35.1 Å². The number of aliphatic hydroxyl groups excluding tert-OH is 1. The molecule has 1 saturated heterocycles. The summed E-state index contributed by atoms with van der Waals surface area (Å²) in [5.74, 6) is 1.05. The Hall–Kier alpha value is -0.570. The summed E-state index contributed by atoms with van der Waals surface area (Å²) < 4.78 is 0. The summed E-state index contributed by atoms with van der Waals surface area (Å²) in [7, 11) is 0. The van der Waals surface area contributed by atoms with Gasteiger partial charge in [0.05, 0.1) is 12.5 Å². The minimum atomic E-state index is -0.405. The first-order valence-electron chi connectivity index (χ1n) is 5.65. The molecule has 1 amide bonds. The fourth-order valence-electron chi connectivity index (χ4n) is 2.84. The fraction of sp³-hybridized carbons (Fsp3) is 0.909. The van der Waals surface area contributed by atoms with Crippen LogP contribution >= 0.6 is 0 Å². The van der Waals surface area contributed by atoms with Gasteiger partial charge in [0.2, 0.25) is 5.91 Å². The summed E-state index contributed by atoms with van der Waals surface area (Å²) in [4.78, 5) is 13.4. The molecule has 0 bridgehead atoms. The highest BCUT2D eigenvalue weighted by Gasteiger charge is 2.55. The lowest BCUT2D eigenvalue weighted by Gasteiger charge is -2.23. The number of carbonyl (C=O) groups excluding carboxylic acids is 1. The van der Waals surface area contributed by atoms with Crippen molar-refractivity contribution >= 4 is 5.91 Å². The number of likely N-dealkylation sites (tertiary alicyclic amines) is 1. The molecule has 1 N–H and O–H groups in total. The molecule has 3 fully saturated rings. The van der Waals surface area contributed by atoms with Gasteiger partial charge in [-0.05, 0) is 37.0 Å². The zero-order valence-electron chi connectivity index (χ0n) is 8.41. The second-order valence-electron chi connectivity index (χ2n) is 5.27. The molecule has 1 heterocycles. The van der Waals surface area contributed by atoms with E-state index in [1.807, 2.05) is 4.90 Å². The molecule has 0 spiro atoms. The van der Waals surface area contributed by atoms with Crippen LogP contribution in [0.4, 0.5) is 0 Å². The highest BCUT2D eigenvalue weighted by Crippen LogP contribution is 2.61. The molecule has 0 aromatic carbocycles. The molecule has 1 aliphatic heterocycles. The average Bonchev–Trinajstić information content (AvgIpc) is 2.97. The van der Waals surface area contributed by atoms with Crippen molar-refractivity contribution in [3.8, 4) is 0 Å². The highest BCUT2D eigenvalue weighted by atomic mass is 16.3. The summed E-state index contributed by atoms with van der Waals surface area (Å²) in [6.45, 7) is 1.50. The van der Waals surface area contributed by atoms with Gasteiger partial charge in [-0.2, -0.15) is 0 Å². The topological polar surface area (TPSA) is 40.5 Å². The third kappa shape index (κ3) is 1.34. The van der Waals surface area contributed by atoms with E-state index in [2.05, 4.69) is 0 Å². The van der Waals surface area contributed by atoms with Crippen LogP contribution in [0.1, 0.15) is 32.1 Å². The first-order chi connectivity index (χ1) is 6.70. The predicted molar refractivity (Wildman–Crippen MR) is 51.6 cm³/mol. The van der Waals surface area contributed by atoms with E-state index in [1.165, 1.54) is 25.7 Å². The molecule has 3 heteroatoms. The van der Waals surface area contributed by atoms with E-state index in [-0.39, 0.29) is 5.91 Å². The van der Waals surface area contributed by atoms with Gasteiger partial charge in [0.1, 0.15) is 0 Å². The molecule has 3 aliphatic rings. The van der Waals surface area contributed by atoms with Crippen molar-refractivity contribution in [1.82, 2.24) is 4.90 Å². The van der Waals surface area contributed by atoms with Crippen LogP contribution in [0.25, 0.3) is 0 Å². The second-order valence-corrected chi connectivity index (χ2v) is 5.27. The Morgan fingerprint density at radius 2 is 2.14 bits per heavy atom. The Labute approximate surface area is 84.1 Å². The van der Waals surface area contributed by atoms with Crippen LogP contribution in [0.2, 0.25) is 0 Å². The van der Waals surface area contributed by atoms with E-state index >= 15 is 0 Å². The summed E-state index contributed by atoms with van der Waals surface area (Å²) in [6, 6.07) is 0. The predicted octanol–water partition coefficient (Wildman–Crippen LogP) is 0.770. The summed E-state index contributed by atoms with van der Waals surface area (Å²) in [5.41, 5.74) is 0.486. The lowest BCUT2D eigenvalue weighted by atomic mass is 10.0. The number of nitrogens with zero attached hydrogens (tertiary/aromatic N) is 1. The van der Waals surface area contributed by atoms with Crippen LogP contribution in [0.5, 0.6) is 0 Å². The van der Waals surface area contributed by atoms with E-state index in [4.69, 9.17) is 0 Å². The zero-order chi connectivity index (χ0) is 9.76. The SMILES string of the molecule is O=C1CC(O)CN1CC1(C2CC2)CC1. The number of β-amino-alcohol motifs (C(OH)–C–C–N with tert-alkyl or cyclic N) is 1. The van der Waals surface area contributed by atoms with Gasteiger partial charge in [-0.15, -0.1) is 0 Å². The van der Waals surface area contributed by atoms with Crippen molar-refractivity contribution in [1.29, 1.82) is 0 Å². The maximum Gasteiger partial charge on any atom is 0.225 e. The number of rotatable bonds is 3. The van der Waals surface area contributed by atoms with Gasteiger partial charge in [0, 0.05) is 13.1 Å². The van der Waals surface area contributed by atoms with E-state index < -0.39 is 6.10 Å². The first-order valence-corrected chi connectivity index (χ1v) is 5.65. The zero-order valence-corrected chi connectivity index (χ0v) is 8.41. The molecule has 0 aromatic heterocycles. The van der Waals surface area contributed by atoms with Gasteiger partial charge in [0.15, 0.2) is 0 Å². The van der Waals surface area contributed by atoms with Crippen molar-refractivity contribution in [2.45, 2.75) is 38.2 Å². The Kier molecular flexibility index (Phi) is 1.69. The molecule has 1 unspecified atom stereocenters. The third-order valence-corrected chi connectivity index (χ3v) is 4.04. The number of hydrogen-bond acceptors (Lipinski definition) is 2. The van der Waals surface area contributed by atoms with E-state index in [0.717, 1.165) is 12.5 Å². The standard InChI is InChI=1S/C11H17NO2/c13-9-5-10(14)12(6-9)7-11(3-4-11)8-1-2-8/h8-9,13H,1-7H2. The molecule has 2 aliphatic carbocycles. The minimum absolute atomic E-state index is 0.157. The van der Waals surface area contributed by atoms with Crippen LogP contribution in [0.15, 0.2) is 0 Å². The van der Waals surface area contributed by atoms with Crippen molar-refractivity contribution in [2.24, 2.45) is 11.3 Å². The largest absolute Gasteiger partial charge is 0.391 e. The highest BCUT2D eigenvalue weighted by molar-refractivity contribution is 5.79. The van der Waals surface area contributed by atoms with Crippen molar-refractivity contribution in [3.05, 3.63) is 0 Å². The smallest absolute Gasteiger partial charge is 0.225 e. The molecule has 78 valence electrons. The van der Waals surface area contributed by atoms with Gasteiger partial charge in [-0.3, -0.25) is 4.79 Å². The van der Waals surface area contributed by atoms with Gasteiger partial charge >= 0.3 is 0 Å². The molecule has 1 atom stereocenters. The third-order valence-electron chi connectivity index (χ3n) is 4.04. The first kappa shape index (κ1) is 8.72. The molecule has 0 radical (unpaired) electrons. The van der Waals surface area contributed by atoms with Gasteiger partial charge in [-0.25, -0.2) is 0 Å². The molecule has 2 saturated carbocycles. The fourth-order valence-corrected chi connectivity index (χ4v) is 2.84. The van der Waals surface area contributed by atoms with Crippen LogP contribution in [0, 0.1) is 11.3 Å². The lowest BCUT2D eigenvalue weighted by molar-refractivity contribution is -0.128. The molecule has 0 aromatic rings. The number of carbonyl (C=O) groups is 1. The maximum absolute atomic E-state index is 11.5. The van der Waals surface area contributed by atoms with Gasteiger partial charge < -0.3 is 10.0 Å². The normalized spacial score (nSPS) is 35.1. The van der Waals surface area contributed by atoms with Gasteiger partial charge in [-0.1, -0.05) is 0 Å². The van der Waals surface area contributed by atoms with E-state index in [1.54, 1.807) is 0 Å². The quantitative estimate of drug-likeness (QED) is 0.722. The van der Waals surface area contributed by atoms with Crippen molar-refractivity contribution in [2.75, 3.05) is 13.1 Å². The molecule has 3 nitrogen and oxygen atoms in total. The van der Waals surface area contributed by atoms with E-state index in [9.17, 15) is 9.90 Å². The van der Waals surface area contributed by atoms with Crippen LogP contribution in [-0.2, 0) is 4.79 Å². The summed E-state index contributed by atoms with van der Waals surface area (Å²) in [6.07, 6.45) is 5.28. The number of aliphatic hydroxyl groups is 1. The average molecular weight is 195 g/mol. The maximum atomic E-state index is 11.5. The Morgan fingerprint density at radius 1 is 1.43 bits per heavy atom. The second kappa shape index (κ2) is 2.72. The molecule has 3 rings (SSSR count). The summed E-state index contributed by atoms with van der Waals surface area (Å²) in [5, 5.41) is 9.38. The van der Waals surface area contributed by atoms with Crippen LogP contribution in [0.3, 0.4) is 0 Å². The number of amides is 1. The molecular weight excluding hydrogens is 178 g/mol. The van der Waals surface area contributed by atoms with E-state index in [0.29, 0.717) is 18.4 Å².